The van der Waals surface area contributed by atoms with Crippen LogP contribution in [-0.4, -0.2) is 74.4 Å². The summed E-state index contributed by atoms with van der Waals surface area (Å²) < 4.78 is 5.49. The highest BCUT2D eigenvalue weighted by atomic mass is 16.5. The molecular formula is C16H33N3O. The van der Waals surface area contributed by atoms with E-state index < -0.39 is 0 Å². The third-order valence-electron chi connectivity index (χ3n) is 4.83. The maximum absolute atomic E-state index is 5.49. The summed E-state index contributed by atoms with van der Waals surface area (Å²) in [6.07, 6.45) is 2.57. The normalized spacial score (nSPS) is 31.1. The van der Waals surface area contributed by atoms with Gasteiger partial charge in [-0.3, -0.25) is 4.90 Å². The third kappa shape index (κ3) is 4.69. The molecule has 0 aromatic heterocycles. The van der Waals surface area contributed by atoms with Gasteiger partial charge in [0.1, 0.15) is 0 Å². The number of ether oxygens (including phenoxy) is 1. The molecule has 0 aliphatic carbocycles. The molecule has 20 heavy (non-hydrogen) atoms. The third-order valence-corrected chi connectivity index (χ3v) is 4.83. The van der Waals surface area contributed by atoms with Crippen molar-refractivity contribution < 1.29 is 4.74 Å². The molecular weight excluding hydrogens is 250 g/mol. The van der Waals surface area contributed by atoms with E-state index in [-0.39, 0.29) is 0 Å². The molecule has 0 spiro atoms. The van der Waals surface area contributed by atoms with Crippen LogP contribution in [0.25, 0.3) is 0 Å². The fourth-order valence-electron chi connectivity index (χ4n) is 3.49. The van der Waals surface area contributed by atoms with Crippen molar-refractivity contribution in [2.45, 2.75) is 51.7 Å². The first-order valence-electron chi connectivity index (χ1n) is 8.31. The van der Waals surface area contributed by atoms with Crippen LogP contribution in [0.2, 0.25) is 0 Å². The summed E-state index contributed by atoms with van der Waals surface area (Å²) in [6.45, 7) is 13.3. The van der Waals surface area contributed by atoms with E-state index in [1.165, 1.54) is 19.4 Å². The van der Waals surface area contributed by atoms with E-state index >= 15 is 0 Å². The second-order valence-electron chi connectivity index (χ2n) is 7.06. The average molecular weight is 283 g/mol. The zero-order chi connectivity index (χ0) is 14.5. The van der Waals surface area contributed by atoms with Crippen LogP contribution in [0.1, 0.15) is 33.6 Å². The Balaban J connectivity index is 1.81. The van der Waals surface area contributed by atoms with Crippen molar-refractivity contribution in [2.24, 2.45) is 5.92 Å². The molecule has 4 heteroatoms. The van der Waals surface area contributed by atoms with E-state index in [0.717, 1.165) is 44.8 Å². The lowest BCUT2D eigenvalue weighted by Crippen LogP contribution is -2.50. The van der Waals surface area contributed by atoms with Crippen molar-refractivity contribution in [3.8, 4) is 0 Å². The van der Waals surface area contributed by atoms with E-state index in [0.29, 0.717) is 12.1 Å². The lowest BCUT2D eigenvalue weighted by molar-refractivity contribution is 0.0119. The minimum atomic E-state index is 0.667. The van der Waals surface area contributed by atoms with Crippen LogP contribution < -0.4 is 5.32 Å². The predicted octanol–water partition coefficient (Wildman–Crippen LogP) is 1.42. The van der Waals surface area contributed by atoms with E-state index in [9.17, 15) is 0 Å². The fourth-order valence-corrected chi connectivity index (χ4v) is 3.49. The van der Waals surface area contributed by atoms with Gasteiger partial charge in [-0.2, -0.15) is 0 Å². The number of rotatable bonds is 6. The smallest absolute Gasteiger partial charge is 0.0594 e. The molecule has 2 saturated heterocycles. The summed E-state index contributed by atoms with van der Waals surface area (Å²) >= 11 is 0. The van der Waals surface area contributed by atoms with Crippen LogP contribution in [0.4, 0.5) is 0 Å². The van der Waals surface area contributed by atoms with Gasteiger partial charge in [-0.1, -0.05) is 13.8 Å². The standard InChI is InChI=1S/C16H33N3O/c1-13(2)9-16(19-5-7-20-8-6-19)11-17-15-10-14(3)18(4)12-15/h13-17H,5-12H2,1-4H3. The van der Waals surface area contributed by atoms with Gasteiger partial charge in [0.25, 0.3) is 0 Å². The van der Waals surface area contributed by atoms with Gasteiger partial charge in [0.2, 0.25) is 0 Å². The second-order valence-corrected chi connectivity index (χ2v) is 7.06. The number of nitrogens with zero attached hydrogens (tertiary/aromatic N) is 2. The van der Waals surface area contributed by atoms with Crippen molar-refractivity contribution in [3.05, 3.63) is 0 Å². The van der Waals surface area contributed by atoms with Gasteiger partial charge in [0.05, 0.1) is 13.2 Å². The van der Waals surface area contributed by atoms with Gasteiger partial charge >= 0.3 is 0 Å². The van der Waals surface area contributed by atoms with Gasteiger partial charge in [-0.15, -0.1) is 0 Å². The van der Waals surface area contributed by atoms with Gasteiger partial charge in [0, 0.05) is 44.3 Å². The molecule has 0 amide bonds. The maximum Gasteiger partial charge on any atom is 0.0594 e. The molecule has 0 bridgehead atoms. The number of hydrogen-bond donors (Lipinski definition) is 1. The zero-order valence-electron chi connectivity index (χ0n) is 13.8. The summed E-state index contributed by atoms with van der Waals surface area (Å²) in [7, 11) is 2.24. The Morgan fingerprint density at radius 2 is 1.95 bits per heavy atom. The Kier molecular flexibility index (Phi) is 6.27. The molecule has 3 atom stereocenters. The van der Waals surface area contributed by atoms with Gasteiger partial charge in [-0.05, 0) is 32.7 Å². The number of morpholine rings is 1. The van der Waals surface area contributed by atoms with Crippen LogP contribution in [0, 0.1) is 5.92 Å². The van der Waals surface area contributed by atoms with Crippen LogP contribution in [0.3, 0.4) is 0 Å². The summed E-state index contributed by atoms with van der Waals surface area (Å²) in [6, 6.07) is 2.06. The van der Waals surface area contributed by atoms with Crippen molar-refractivity contribution in [3.63, 3.8) is 0 Å². The highest BCUT2D eigenvalue weighted by Gasteiger charge is 2.28. The molecule has 2 aliphatic rings. The highest BCUT2D eigenvalue weighted by molar-refractivity contribution is 4.87. The molecule has 118 valence electrons. The molecule has 2 aliphatic heterocycles. The first kappa shape index (κ1) is 16.2. The molecule has 2 fully saturated rings. The van der Waals surface area contributed by atoms with Gasteiger partial charge in [0.15, 0.2) is 0 Å². The molecule has 1 N–H and O–H groups in total. The van der Waals surface area contributed by atoms with Crippen LogP contribution in [0.5, 0.6) is 0 Å². The van der Waals surface area contributed by atoms with Crippen molar-refractivity contribution in [2.75, 3.05) is 46.4 Å². The number of nitrogens with one attached hydrogen (secondary N) is 1. The lowest BCUT2D eigenvalue weighted by atomic mass is 10.0. The Labute approximate surface area is 124 Å². The van der Waals surface area contributed by atoms with Crippen LogP contribution in [0.15, 0.2) is 0 Å². The van der Waals surface area contributed by atoms with Crippen molar-refractivity contribution in [1.29, 1.82) is 0 Å². The number of likely N-dealkylation sites (N-methyl/N-ethyl adjacent to an activating group) is 1. The summed E-state index contributed by atoms with van der Waals surface area (Å²) in [5, 5.41) is 3.82. The van der Waals surface area contributed by atoms with Crippen molar-refractivity contribution in [1.82, 2.24) is 15.1 Å². The van der Waals surface area contributed by atoms with E-state index in [2.05, 4.69) is 42.9 Å². The Hall–Kier alpha value is -0.160. The molecule has 0 radical (unpaired) electrons. The molecule has 0 saturated carbocycles. The maximum atomic E-state index is 5.49. The van der Waals surface area contributed by atoms with Crippen LogP contribution >= 0.6 is 0 Å². The lowest BCUT2D eigenvalue weighted by Gasteiger charge is -2.36. The van der Waals surface area contributed by atoms with Gasteiger partial charge < -0.3 is 15.0 Å². The highest BCUT2D eigenvalue weighted by Crippen LogP contribution is 2.17. The van der Waals surface area contributed by atoms with Gasteiger partial charge in [-0.25, -0.2) is 0 Å². The Morgan fingerprint density at radius 3 is 2.50 bits per heavy atom. The average Bonchev–Trinajstić information content (AvgIpc) is 2.74. The summed E-state index contributed by atoms with van der Waals surface area (Å²) in [5.74, 6) is 0.759. The zero-order valence-corrected chi connectivity index (χ0v) is 13.8. The fraction of sp³-hybridized carbons (Fsp3) is 1.00. The second kappa shape index (κ2) is 7.74. The molecule has 4 nitrogen and oxygen atoms in total. The number of likely N-dealkylation sites (tertiary alicyclic amines) is 1. The topological polar surface area (TPSA) is 27.7 Å². The first-order valence-corrected chi connectivity index (χ1v) is 8.31. The molecule has 0 aromatic carbocycles. The Bertz CT molecular complexity index is 269. The summed E-state index contributed by atoms with van der Waals surface area (Å²) in [4.78, 5) is 5.09. The van der Waals surface area contributed by atoms with E-state index in [1.807, 2.05) is 0 Å². The van der Waals surface area contributed by atoms with E-state index in [1.54, 1.807) is 0 Å². The monoisotopic (exact) mass is 283 g/mol. The minimum Gasteiger partial charge on any atom is -0.379 e. The molecule has 0 aromatic rings. The quantitative estimate of drug-likeness (QED) is 0.798. The molecule has 3 unspecified atom stereocenters. The largest absolute Gasteiger partial charge is 0.379 e. The van der Waals surface area contributed by atoms with Crippen LogP contribution in [-0.2, 0) is 4.74 Å². The summed E-state index contributed by atoms with van der Waals surface area (Å²) in [5.41, 5.74) is 0. The molecule has 2 rings (SSSR count). The van der Waals surface area contributed by atoms with Crippen molar-refractivity contribution >= 4 is 0 Å². The predicted molar refractivity (Wildman–Crippen MR) is 84.1 cm³/mol. The molecule has 2 heterocycles. The first-order chi connectivity index (χ1) is 9.56. The number of hydrogen-bond acceptors (Lipinski definition) is 4. The van der Waals surface area contributed by atoms with E-state index in [4.69, 9.17) is 4.74 Å². The Morgan fingerprint density at radius 1 is 1.25 bits per heavy atom. The SMILES string of the molecule is CC(C)CC(CNC1CC(C)N(C)C1)N1CCOCC1. The minimum absolute atomic E-state index is 0.667.